The van der Waals surface area contributed by atoms with E-state index >= 15 is 0 Å². The Kier molecular flexibility index (Phi) is 12.0. The Morgan fingerprint density at radius 1 is 1.07 bits per heavy atom. The molecular weight excluding hydrogens is 540 g/mol. The predicted molar refractivity (Wildman–Crippen MR) is 158 cm³/mol. The Hall–Kier alpha value is -4.28. The highest BCUT2D eigenvalue weighted by atomic mass is 16.5. The van der Waals surface area contributed by atoms with Gasteiger partial charge in [0, 0.05) is 13.6 Å². The van der Waals surface area contributed by atoms with Gasteiger partial charge in [-0.25, -0.2) is 0 Å². The highest BCUT2D eigenvalue weighted by molar-refractivity contribution is 6.01. The van der Waals surface area contributed by atoms with Crippen molar-refractivity contribution < 1.29 is 33.4 Å². The molecule has 1 heterocycles. The van der Waals surface area contributed by atoms with Crippen molar-refractivity contribution in [2.75, 3.05) is 47.0 Å². The summed E-state index contributed by atoms with van der Waals surface area (Å²) in [6.45, 7) is 7.08. The molecule has 1 aliphatic rings. The van der Waals surface area contributed by atoms with Crippen LogP contribution in [-0.2, 0) is 14.4 Å². The molecule has 2 aromatic rings. The lowest BCUT2D eigenvalue weighted by Gasteiger charge is -2.29. The first-order valence-electron chi connectivity index (χ1n) is 14.3. The van der Waals surface area contributed by atoms with Crippen molar-refractivity contribution in [1.29, 1.82) is 0 Å². The van der Waals surface area contributed by atoms with Gasteiger partial charge < -0.3 is 34.6 Å². The zero-order valence-electron chi connectivity index (χ0n) is 25.1. The molecule has 11 heteroatoms. The summed E-state index contributed by atoms with van der Waals surface area (Å²) in [5.74, 6) is 0.0368. The van der Waals surface area contributed by atoms with Crippen LogP contribution in [0.1, 0.15) is 44.0 Å². The van der Waals surface area contributed by atoms with Gasteiger partial charge in [0.15, 0.2) is 0 Å². The molecule has 0 bridgehead atoms. The number of ether oxygens (including phenoxy) is 3. The van der Waals surface area contributed by atoms with Crippen LogP contribution in [0.4, 0.5) is 0 Å². The fraction of sp³-hybridized carbons (Fsp3) is 0.484. The van der Waals surface area contributed by atoms with Gasteiger partial charge in [-0.05, 0) is 55.7 Å². The van der Waals surface area contributed by atoms with E-state index in [9.17, 15) is 19.2 Å². The van der Waals surface area contributed by atoms with Crippen molar-refractivity contribution in [2.24, 2.45) is 5.92 Å². The van der Waals surface area contributed by atoms with Gasteiger partial charge in [0.05, 0.1) is 32.2 Å². The van der Waals surface area contributed by atoms with Crippen LogP contribution in [0.25, 0.3) is 0 Å². The van der Waals surface area contributed by atoms with Crippen LogP contribution in [0.2, 0.25) is 0 Å². The summed E-state index contributed by atoms with van der Waals surface area (Å²) in [4.78, 5) is 56.6. The Morgan fingerprint density at radius 2 is 1.76 bits per heavy atom. The maximum absolute atomic E-state index is 13.5. The number of likely N-dealkylation sites (N-methyl/N-ethyl adjacent to an activating group) is 2. The molecule has 0 aliphatic carbocycles. The third-order valence-corrected chi connectivity index (χ3v) is 6.91. The van der Waals surface area contributed by atoms with Crippen LogP contribution < -0.4 is 24.8 Å². The molecule has 1 aliphatic heterocycles. The molecule has 0 fully saturated rings. The molecule has 0 radical (unpaired) electrons. The van der Waals surface area contributed by atoms with Crippen LogP contribution in [-0.4, -0.2) is 92.5 Å². The molecule has 0 spiro atoms. The number of methoxy groups -OCH3 is 1. The Balaban J connectivity index is 1.81. The second kappa shape index (κ2) is 15.6. The zero-order chi connectivity index (χ0) is 30.6. The van der Waals surface area contributed by atoms with Gasteiger partial charge in [0.1, 0.15) is 42.5 Å². The standard InChI is InChI=1S/C31H42N4O7/c1-6-35-16-18-42-27-10-8-7-9-24(27)29(37)33-26(20-28(36)32-25(31(35)39)19-21(2)3)30(38)34(4)15-17-41-23-13-11-22(40-5)12-14-23/h7-14,21,25-26H,6,15-20H2,1-5H3,(H,32,36)(H,33,37)/t25-,26-/m0/s1. The van der Waals surface area contributed by atoms with Gasteiger partial charge in [0.25, 0.3) is 5.91 Å². The number of hydrogen-bond acceptors (Lipinski definition) is 7. The number of fused-ring (bicyclic) bond motifs is 1. The highest BCUT2D eigenvalue weighted by Gasteiger charge is 2.31. The van der Waals surface area contributed by atoms with Crippen LogP contribution in [0.3, 0.4) is 0 Å². The van der Waals surface area contributed by atoms with Crippen LogP contribution >= 0.6 is 0 Å². The summed E-state index contributed by atoms with van der Waals surface area (Å²) >= 11 is 0. The molecule has 11 nitrogen and oxygen atoms in total. The van der Waals surface area contributed by atoms with Gasteiger partial charge in [-0.3, -0.25) is 19.2 Å². The molecule has 4 amide bonds. The van der Waals surface area contributed by atoms with Gasteiger partial charge in [-0.15, -0.1) is 0 Å². The first-order valence-corrected chi connectivity index (χ1v) is 14.3. The number of hydrogen-bond donors (Lipinski definition) is 2. The number of carbonyl (C=O) groups is 4. The molecule has 0 aromatic heterocycles. The SMILES string of the molecule is CCN1CCOc2ccccc2C(=O)N[C@H](C(=O)N(C)CCOc2ccc(OC)cc2)CC(=O)N[C@@H](CC(C)C)C1=O. The monoisotopic (exact) mass is 582 g/mol. The normalized spacial score (nSPS) is 18.2. The number of amides is 4. The number of para-hydroxylation sites is 1. The molecule has 2 atom stereocenters. The maximum atomic E-state index is 13.5. The smallest absolute Gasteiger partial charge is 0.255 e. The summed E-state index contributed by atoms with van der Waals surface area (Å²) in [5.41, 5.74) is 0.227. The van der Waals surface area contributed by atoms with Gasteiger partial charge in [0.2, 0.25) is 17.7 Å². The minimum absolute atomic E-state index is 0.133. The third kappa shape index (κ3) is 9.12. The lowest BCUT2D eigenvalue weighted by molar-refractivity contribution is -0.138. The molecule has 3 rings (SSSR count). The minimum Gasteiger partial charge on any atom is -0.497 e. The average molecular weight is 583 g/mol. The second-order valence-corrected chi connectivity index (χ2v) is 10.5. The molecule has 0 saturated carbocycles. The number of nitrogens with one attached hydrogen (secondary N) is 2. The maximum Gasteiger partial charge on any atom is 0.255 e. The molecule has 2 aromatic carbocycles. The minimum atomic E-state index is -1.18. The van der Waals surface area contributed by atoms with E-state index in [1.54, 1.807) is 67.6 Å². The summed E-state index contributed by atoms with van der Waals surface area (Å²) in [5, 5.41) is 5.54. The predicted octanol–water partition coefficient (Wildman–Crippen LogP) is 2.49. The number of rotatable bonds is 9. The number of carbonyl (C=O) groups excluding carboxylic acids is 4. The highest BCUT2D eigenvalue weighted by Crippen LogP contribution is 2.20. The number of nitrogens with zero attached hydrogens (tertiary/aromatic N) is 2. The summed E-state index contributed by atoms with van der Waals surface area (Å²) in [7, 11) is 3.16. The molecule has 228 valence electrons. The molecular formula is C31H42N4O7. The second-order valence-electron chi connectivity index (χ2n) is 10.5. The van der Waals surface area contributed by atoms with E-state index in [0.29, 0.717) is 36.8 Å². The molecule has 0 saturated heterocycles. The van der Waals surface area contributed by atoms with E-state index in [1.165, 1.54) is 4.90 Å². The third-order valence-electron chi connectivity index (χ3n) is 6.91. The quantitative estimate of drug-likeness (QED) is 0.465. The van der Waals surface area contributed by atoms with Gasteiger partial charge >= 0.3 is 0 Å². The van der Waals surface area contributed by atoms with Crippen molar-refractivity contribution in [2.45, 2.75) is 45.7 Å². The Labute approximate surface area is 247 Å². The lowest BCUT2D eigenvalue weighted by atomic mass is 10.0. The largest absolute Gasteiger partial charge is 0.497 e. The van der Waals surface area contributed by atoms with E-state index in [1.807, 2.05) is 20.8 Å². The zero-order valence-corrected chi connectivity index (χ0v) is 25.1. The summed E-state index contributed by atoms with van der Waals surface area (Å²) in [6, 6.07) is 11.8. The molecule has 0 unspecified atom stereocenters. The average Bonchev–Trinajstić information content (AvgIpc) is 2.97. The first kappa shape index (κ1) is 32.2. The van der Waals surface area contributed by atoms with Gasteiger partial charge in [-0.2, -0.15) is 0 Å². The van der Waals surface area contributed by atoms with Crippen molar-refractivity contribution in [1.82, 2.24) is 20.4 Å². The number of benzene rings is 2. The van der Waals surface area contributed by atoms with Gasteiger partial charge in [-0.1, -0.05) is 26.0 Å². The molecule has 42 heavy (non-hydrogen) atoms. The van der Waals surface area contributed by atoms with Crippen molar-refractivity contribution in [3.05, 3.63) is 54.1 Å². The van der Waals surface area contributed by atoms with Crippen molar-refractivity contribution in [3.8, 4) is 17.2 Å². The summed E-state index contributed by atoms with van der Waals surface area (Å²) < 4.78 is 16.8. The van der Waals surface area contributed by atoms with E-state index in [2.05, 4.69) is 10.6 Å². The van der Waals surface area contributed by atoms with E-state index in [0.717, 1.165) is 0 Å². The van der Waals surface area contributed by atoms with E-state index < -0.39 is 29.8 Å². The van der Waals surface area contributed by atoms with E-state index in [4.69, 9.17) is 14.2 Å². The molecule has 2 N–H and O–H groups in total. The topological polar surface area (TPSA) is 127 Å². The fourth-order valence-corrected chi connectivity index (χ4v) is 4.61. The van der Waals surface area contributed by atoms with Crippen LogP contribution in [0, 0.1) is 5.92 Å². The lowest BCUT2D eigenvalue weighted by Crippen LogP contribution is -2.54. The fourth-order valence-electron chi connectivity index (χ4n) is 4.61. The Morgan fingerprint density at radius 3 is 2.43 bits per heavy atom. The summed E-state index contributed by atoms with van der Waals surface area (Å²) in [6.07, 6.45) is 0.0869. The van der Waals surface area contributed by atoms with Crippen LogP contribution in [0.15, 0.2) is 48.5 Å². The van der Waals surface area contributed by atoms with Crippen molar-refractivity contribution >= 4 is 23.6 Å². The first-order chi connectivity index (χ1) is 20.1. The van der Waals surface area contributed by atoms with E-state index in [-0.39, 0.29) is 43.6 Å². The Bertz CT molecular complexity index is 1220. The van der Waals surface area contributed by atoms with Crippen molar-refractivity contribution in [3.63, 3.8) is 0 Å². The van der Waals surface area contributed by atoms with Crippen LogP contribution in [0.5, 0.6) is 17.2 Å².